The summed E-state index contributed by atoms with van der Waals surface area (Å²) in [6.45, 7) is 18.3. The number of ether oxygens (including phenoxy) is 4. The zero-order valence-electron chi connectivity index (χ0n) is 32.2. The number of carbonyl (C=O) groups excluding carboxylic acids is 1. The second kappa shape index (κ2) is 18.0. The molecule has 288 valence electrons. The summed E-state index contributed by atoms with van der Waals surface area (Å²) < 4.78 is 24.9. The van der Waals surface area contributed by atoms with Crippen LogP contribution in [0.3, 0.4) is 0 Å². The van der Waals surface area contributed by atoms with Crippen molar-refractivity contribution in [3.8, 4) is 16.9 Å². The lowest BCUT2D eigenvalue weighted by Gasteiger charge is -2.32. The largest absolute Gasteiger partial charge is 0.494 e. The summed E-state index contributed by atoms with van der Waals surface area (Å²) in [5, 5.41) is 11.1. The molecule has 2 saturated heterocycles. The van der Waals surface area contributed by atoms with Gasteiger partial charge in [0.1, 0.15) is 5.75 Å². The number of aryl methyl sites for hydroxylation is 4. The highest BCUT2D eigenvalue weighted by Gasteiger charge is 2.29. The molecule has 53 heavy (non-hydrogen) atoms. The zero-order chi connectivity index (χ0) is 37.6. The van der Waals surface area contributed by atoms with Crippen molar-refractivity contribution in [3.05, 3.63) is 68.1 Å². The number of nitrogens with one attached hydrogen (secondary N) is 1. The molecule has 12 heteroatoms. The van der Waals surface area contributed by atoms with Crippen LogP contribution in [0.4, 0.5) is 0 Å². The Morgan fingerprint density at radius 2 is 1.55 bits per heavy atom. The van der Waals surface area contributed by atoms with Gasteiger partial charge in [0.2, 0.25) is 0 Å². The highest BCUT2D eigenvalue weighted by molar-refractivity contribution is 6.35. The molecule has 2 aromatic heterocycles. The predicted octanol–water partition coefficient (Wildman–Crippen LogP) is 7.36. The fraction of sp³-hybridized carbons (Fsp3) is 0.561. The van der Waals surface area contributed by atoms with Crippen molar-refractivity contribution in [2.75, 3.05) is 66.3 Å². The van der Waals surface area contributed by atoms with Gasteiger partial charge in [-0.15, -0.1) is 0 Å². The Hall–Kier alpha value is -3.12. The van der Waals surface area contributed by atoms with Crippen LogP contribution in [-0.4, -0.2) is 109 Å². The van der Waals surface area contributed by atoms with Crippen LogP contribution in [0.15, 0.2) is 24.3 Å². The van der Waals surface area contributed by atoms with E-state index in [0.717, 1.165) is 139 Å². The maximum absolute atomic E-state index is 12.6. The maximum atomic E-state index is 12.6. The Kier molecular flexibility index (Phi) is 13.4. The molecule has 2 unspecified atom stereocenters. The number of H-pyrrole nitrogens is 1. The van der Waals surface area contributed by atoms with Crippen molar-refractivity contribution in [2.24, 2.45) is 0 Å². The molecular weight excluding hydrogens is 713 g/mol. The van der Waals surface area contributed by atoms with Gasteiger partial charge in [0.05, 0.1) is 62.8 Å². The van der Waals surface area contributed by atoms with Gasteiger partial charge in [0.25, 0.3) is 0 Å². The van der Waals surface area contributed by atoms with E-state index in [-0.39, 0.29) is 24.5 Å². The number of esters is 1. The van der Waals surface area contributed by atoms with Crippen molar-refractivity contribution < 1.29 is 23.7 Å². The summed E-state index contributed by atoms with van der Waals surface area (Å²) in [6.07, 6.45) is 3.41. The lowest BCUT2D eigenvalue weighted by Crippen LogP contribution is -2.43. The number of hydrogen-bond donors (Lipinski definition) is 1. The third-order valence-electron chi connectivity index (χ3n) is 11.1. The van der Waals surface area contributed by atoms with Crippen molar-refractivity contribution in [1.29, 1.82) is 0 Å². The molecule has 2 aromatic carbocycles. The normalized spacial score (nSPS) is 17.0. The SMILES string of the molecule is COC(=O)CCn1c(C)c(CCCOc2cc(C)c(Cl)c(C)c2)c2ccc(Cl)c(-c3c(CC(C)N4CCOCC4)n[nH]c3CC(C)N3CCOCC3)c21. The van der Waals surface area contributed by atoms with Crippen LogP contribution in [0.5, 0.6) is 5.75 Å². The molecule has 2 fully saturated rings. The number of aromatic nitrogens is 3. The summed E-state index contributed by atoms with van der Waals surface area (Å²) >= 11 is 13.7. The minimum atomic E-state index is -0.248. The summed E-state index contributed by atoms with van der Waals surface area (Å²) in [6, 6.07) is 8.69. The molecule has 0 saturated carbocycles. The number of benzene rings is 2. The number of nitrogens with zero attached hydrogens (tertiary/aromatic N) is 4. The van der Waals surface area contributed by atoms with Gasteiger partial charge in [-0.1, -0.05) is 29.3 Å². The van der Waals surface area contributed by atoms with Crippen LogP contribution >= 0.6 is 23.2 Å². The summed E-state index contributed by atoms with van der Waals surface area (Å²) in [7, 11) is 1.44. The Balaban J connectivity index is 1.40. The van der Waals surface area contributed by atoms with Crippen molar-refractivity contribution in [1.82, 2.24) is 24.6 Å². The minimum absolute atomic E-state index is 0.248. The van der Waals surface area contributed by atoms with E-state index in [1.54, 1.807) is 0 Å². The molecule has 2 aliphatic rings. The van der Waals surface area contributed by atoms with Crippen molar-refractivity contribution >= 4 is 40.1 Å². The van der Waals surface area contributed by atoms with Gasteiger partial charge in [0.15, 0.2) is 0 Å². The van der Waals surface area contributed by atoms with E-state index in [1.165, 1.54) is 12.7 Å². The zero-order valence-corrected chi connectivity index (χ0v) is 33.7. The third kappa shape index (κ3) is 9.06. The number of fused-ring (bicyclic) bond motifs is 1. The first-order chi connectivity index (χ1) is 25.6. The molecule has 2 aliphatic heterocycles. The van der Waals surface area contributed by atoms with E-state index in [2.05, 4.69) is 46.3 Å². The van der Waals surface area contributed by atoms with Crippen LogP contribution in [0.2, 0.25) is 10.0 Å². The molecule has 0 spiro atoms. The lowest BCUT2D eigenvalue weighted by molar-refractivity contribution is -0.140. The quantitative estimate of drug-likeness (QED) is 0.0991. The van der Waals surface area contributed by atoms with Gasteiger partial charge in [-0.3, -0.25) is 19.7 Å². The van der Waals surface area contributed by atoms with Crippen LogP contribution < -0.4 is 4.74 Å². The molecule has 4 aromatic rings. The van der Waals surface area contributed by atoms with E-state index in [1.807, 2.05) is 32.0 Å². The van der Waals surface area contributed by atoms with E-state index < -0.39 is 0 Å². The van der Waals surface area contributed by atoms with E-state index in [4.69, 9.17) is 47.2 Å². The summed E-state index contributed by atoms with van der Waals surface area (Å²) in [5.74, 6) is 0.579. The van der Waals surface area contributed by atoms with Gasteiger partial charge in [0, 0.05) is 90.6 Å². The number of rotatable bonds is 15. The van der Waals surface area contributed by atoms with Gasteiger partial charge in [-0.2, -0.15) is 5.10 Å². The Labute approximate surface area is 324 Å². The molecule has 0 bridgehead atoms. The third-order valence-corrected chi connectivity index (χ3v) is 12.0. The van der Waals surface area contributed by atoms with Crippen molar-refractivity contribution in [2.45, 2.75) is 85.4 Å². The van der Waals surface area contributed by atoms with E-state index >= 15 is 0 Å². The van der Waals surface area contributed by atoms with Crippen LogP contribution in [-0.2, 0) is 44.8 Å². The van der Waals surface area contributed by atoms with Gasteiger partial charge in [-0.25, -0.2) is 0 Å². The Morgan fingerprint density at radius 1 is 0.925 bits per heavy atom. The number of methoxy groups -OCH3 is 1. The average molecular weight is 769 g/mol. The first kappa shape index (κ1) is 39.6. The van der Waals surface area contributed by atoms with E-state index in [9.17, 15) is 4.79 Å². The van der Waals surface area contributed by atoms with Crippen LogP contribution in [0, 0.1) is 20.8 Å². The minimum Gasteiger partial charge on any atom is -0.494 e. The molecule has 6 rings (SSSR count). The summed E-state index contributed by atoms with van der Waals surface area (Å²) in [4.78, 5) is 17.5. The molecule has 1 N–H and O–H groups in total. The number of halogens is 2. The highest BCUT2D eigenvalue weighted by Crippen LogP contribution is 2.43. The number of morpholine rings is 2. The standard InChI is InChI=1S/C41H55Cl2N5O5/c1-26-22-31(23-27(2)40(26)43)53-17-7-8-32-30(5)48(12-11-37(49)50-6)41-33(32)9-10-34(42)38(41)39-35(24-28(3)46-13-18-51-19-14-46)44-45-36(39)25-29(4)47-15-20-52-21-16-47/h9-10,22-23,28-29H,7-8,11-21,24-25H2,1-6H3,(H,44,45). The Bertz CT molecular complexity index is 1810. The molecule has 0 radical (unpaired) electrons. The first-order valence-corrected chi connectivity index (χ1v) is 19.8. The van der Waals surface area contributed by atoms with Crippen LogP contribution in [0.25, 0.3) is 22.0 Å². The van der Waals surface area contributed by atoms with E-state index in [0.29, 0.717) is 18.2 Å². The second-order valence-electron chi connectivity index (χ2n) is 14.6. The monoisotopic (exact) mass is 767 g/mol. The predicted molar refractivity (Wildman–Crippen MR) is 212 cm³/mol. The fourth-order valence-corrected chi connectivity index (χ4v) is 8.42. The smallest absolute Gasteiger partial charge is 0.307 e. The topological polar surface area (TPSA) is 94.1 Å². The fourth-order valence-electron chi connectivity index (χ4n) is 8.06. The maximum Gasteiger partial charge on any atom is 0.307 e. The second-order valence-corrected chi connectivity index (χ2v) is 15.4. The number of hydrogen-bond acceptors (Lipinski definition) is 8. The Morgan fingerprint density at radius 3 is 2.17 bits per heavy atom. The molecule has 0 aliphatic carbocycles. The number of aromatic amines is 1. The average Bonchev–Trinajstić information content (AvgIpc) is 3.67. The molecule has 4 heterocycles. The van der Waals surface area contributed by atoms with Gasteiger partial charge in [-0.05, 0) is 82.3 Å². The molecule has 2 atom stereocenters. The first-order valence-electron chi connectivity index (χ1n) is 19.0. The van der Waals surface area contributed by atoms with Crippen LogP contribution in [0.1, 0.15) is 60.5 Å². The molecular formula is C41H55Cl2N5O5. The lowest BCUT2D eigenvalue weighted by atomic mass is 9.93. The number of carbonyl (C=O) groups is 1. The molecule has 0 amide bonds. The van der Waals surface area contributed by atoms with Crippen molar-refractivity contribution in [3.63, 3.8) is 0 Å². The highest BCUT2D eigenvalue weighted by atomic mass is 35.5. The molecule has 10 nitrogen and oxygen atoms in total. The summed E-state index contributed by atoms with van der Waals surface area (Å²) in [5.41, 5.74) is 9.49. The van der Waals surface area contributed by atoms with Gasteiger partial charge < -0.3 is 23.5 Å². The van der Waals surface area contributed by atoms with Gasteiger partial charge >= 0.3 is 5.97 Å².